The zero-order valence-corrected chi connectivity index (χ0v) is 6.09. The smallest absolute Gasteiger partial charge is 1.00 e. The third kappa shape index (κ3) is 11.9. The van der Waals surface area contributed by atoms with E-state index in [2.05, 4.69) is 4.74 Å². The van der Waals surface area contributed by atoms with E-state index in [0.29, 0.717) is 19.8 Å². The molecule has 0 saturated heterocycles. The molecule has 0 atom stereocenters. The van der Waals surface area contributed by atoms with E-state index in [1.807, 2.05) is 0 Å². The van der Waals surface area contributed by atoms with Gasteiger partial charge in [-0.3, -0.25) is 0 Å². The largest absolute Gasteiger partial charge is 1.00 e. The summed E-state index contributed by atoms with van der Waals surface area (Å²) < 4.78 is 9.53. The third-order valence-corrected chi connectivity index (χ3v) is 0.667. The van der Waals surface area contributed by atoms with Gasteiger partial charge in [-0.15, -0.1) is 0 Å². The van der Waals surface area contributed by atoms with Crippen molar-refractivity contribution in [3.05, 3.63) is 0 Å². The fraction of sp³-hybridized carbons (Fsp3) is 1.00. The van der Waals surface area contributed by atoms with Crippen molar-refractivity contribution in [1.82, 2.24) is 0 Å². The van der Waals surface area contributed by atoms with E-state index in [9.17, 15) is 0 Å². The van der Waals surface area contributed by atoms with Gasteiger partial charge in [0.25, 0.3) is 0 Å². The molecule has 0 aromatic rings. The molecule has 0 unspecified atom stereocenters. The van der Waals surface area contributed by atoms with E-state index in [1.165, 1.54) is 0 Å². The maximum absolute atomic E-state index is 8.20. The molecule has 0 spiro atoms. The Labute approximate surface area is 69.0 Å². The van der Waals surface area contributed by atoms with Crippen LogP contribution in [0.5, 0.6) is 0 Å². The van der Waals surface area contributed by atoms with E-state index in [1.54, 1.807) is 7.11 Å². The van der Waals surface area contributed by atoms with Gasteiger partial charge < -0.3 is 16.0 Å². The van der Waals surface area contributed by atoms with Gasteiger partial charge in [-0.2, -0.15) is 0 Å². The molecule has 3 nitrogen and oxygen atoms in total. The van der Waals surface area contributed by atoms with Crippen LogP contribution in [0.3, 0.4) is 0 Å². The minimum Gasteiger partial charge on any atom is -1.00 e. The Morgan fingerprint density at radius 2 is 2.00 bits per heavy atom. The van der Waals surface area contributed by atoms with Gasteiger partial charge in [-0.25, -0.2) is 0 Å². The molecule has 0 heterocycles. The van der Waals surface area contributed by atoms with Crippen LogP contribution < -0.4 is 18.9 Å². The van der Waals surface area contributed by atoms with Gasteiger partial charge in [-0.1, -0.05) is 0 Å². The Morgan fingerprint density at radius 1 is 1.33 bits per heavy atom. The van der Waals surface area contributed by atoms with E-state index < -0.39 is 0 Å². The molecule has 4 heteroatoms. The SMILES string of the molecule is COCCOCCO.[H-].[Li+]. The maximum Gasteiger partial charge on any atom is 1.00 e. The van der Waals surface area contributed by atoms with Crippen LogP contribution in [0.15, 0.2) is 0 Å². The van der Waals surface area contributed by atoms with Crippen molar-refractivity contribution in [2.45, 2.75) is 0 Å². The minimum atomic E-state index is 0. The summed E-state index contributed by atoms with van der Waals surface area (Å²) in [5.74, 6) is 0. The predicted octanol–water partition coefficient (Wildman–Crippen LogP) is -3.24. The summed E-state index contributed by atoms with van der Waals surface area (Å²) in [6.45, 7) is 1.66. The summed E-state index contributed by atoms with van der Waals surface area (Å²) >= 11 is 0. The summed E-state index contributed by atoms with van der Waals surface area (Å²) in [5, 5.41) is 8.20. The van der Waals surface area contributed by atoms with Crippen LogP contribution in [0.1, 0.15) is 1.43 Å². The van der Waals surface area contributed by atoms with Crippen molar-refractivity contribution in [2.24, 2.45) is 0 Å². The number of ether oxygens (including phenoxy) is 2. The molecule has 0 saturated carbocycles. The van der Waals surface area contributed by atoms with Crippen LogP contribution in [0.2, 0.25) is 0 Å². The fourth-order valence-corrected chi connectivity index (χ4v) is 0.309. The molecule has 52 valence electrons. The van der Waals surface area contributed by atoms with Gasteiger partial charge >= 0.3 is 18.9 Å². The second kappa shape index (κ2) is 11.3. The van der Waals surface area contributed by atoms with Crippen LogP contribution in [-0.2, 0) is 9.47 Å². The number of hydrogen-bond acceptors (Lipinski definition) is 3. The molecule has 0 aromatic carbocycles. The first kappa shape index (κ1) is 12.2. The van der Waals surface area contributed by atoms with Crippen LogP contribution in [0.4, 0.5) is 0 Å². The standard InChI is InChI=1S/C5H12O3.Li.H/c1-7-4-5-8-3-2-6;;/h6H,2-5H2,1H3;;/q;+1;-1. The van der Waals surface area contributed by atoms with Gasteiger partial charge in [-0.05, 0) is 0 Å². The molecule has 0 aliphatic heterocycles. The first-order valence-electron chi connectivity index (χ1n) is 2.59. The van der Waals surface area contributed by atoms with Gasteiger partial charge in [0.1, 0.15) is 0 Å². The van der Waals surface area contributed by atoms with E-state index in [4.69, 9.17) is 9.84 Å². The second-order valence-electron chi connectivity index (χ2n) is 1.33. The first-order valence-corrected chi connectivity index (χ1v) is 2.59. The summed E-state index contributed by atoms with van der Waals surface area (Å²) in [5.41, 5.74) is 0. The summed E-state index contributed by atoms with van der Waals surface area (Å²) in [4.78, 5) is 0. The molecule has 0 aromatic heterocycles. The monoisotopic (exact) mass is 128 g/mol. The number of methoxy groups -OCH3 is 1. The minimum absolute atomic E-state index is 0. The summed E-state index contributed by atoms with van der Waals surface area (Å²) in [6, 6.07) is 0. The number of hydrogen-bond donors (Lipinski definition) is 1. The predicted molar refractivity (Wildman–Crippen MR) is 30.9 cm³/mol. The second-order valence-corrected chi connectivity index (χ2v) is 1.33. The van der Waals surface area contributed by atoms with Crippen molar-refractivity contribution < 1.29 is 34.9 Å². The van der Waals surface area contributed by atoms with E-state index >= 15 is 0 Å². The zero-order valence-electron chi connectivity index (χ0n) is 7.09. The first-order chi connectivity index (χ1) is 3.91. The van der Waals surface area contributed by atoms with Crippen molar-refractivity contribution >= 4 is 0 Å². The van der Waals surface area contributed by atoms with E-state index in [0.717, 1.165) is 0 Å². The Kier molecular flexibility index (Phi) is 15.3. The van der Waals surface area contributed by atoms with Gasteiger partial charge in [0, 0.05) is 7.11 Å². The molecule has 1 N–H and O–H groups in total. The van der Waals surface area contributed by atoms with Crippen LogP contribution in [0, 0.1) is 0 Å². The molecular formula is C5H13LiO3. The molecule has 0 amide bonds. The van der Waals surface area contributed by atoms with Crippen molar-refractivity contribution in [1.29, 1.82) is 0 Å². The summed E-state index contributed by atoms with van der Waals surface area (Å²) in [6.07, 6.45) is 0. The van der Waals surface area contributed by atoms with Crippen molar-refractivity contribution in [3.8, 4) is 0 Å². The molecule has 0 aliphatic carbocycles. The molecule has 0 fully saturated rings. The number of aliphatic hydroxyl groups excluding tert-OH is 1. The van der Waals surface area contributed by atoms with Gasteiger partial charge in [0.2, 0.25) is 0 Å². The van der Waals surface area contributed by atoms with Crippen LogP contribution in [-0.4, -0.2) is 38.6 Å². The topological polar surface area (TPSA) is 38.7 Å². The fourth-order valence-electron chi connectivity index (χ4n) is 0.309. The number of aliphatic hydroxyl groups is 1. The molecule has 0 aliphatic rings. The van der Waals surface area contributed by atoms with Crippen molar-refractivity contribution in [2.75, 3.05) is 33.5 Å². The Bertz CT molecular complexity index is 41.9. The average Bonchev–Trinajstić information content (AvgIpc) is 1.81. The average molecular weight is 128 g/mol. The Hall–Kier alpha value is 0.477. The normalized spacial score (nSPS) is 8.67. The van der Waals surface area contributed by atoms with Gasteiger partial charge in [0.15, 0.2) is 0 Å². The third-order valence-electron chi connectivity index (χ3n) is 0.667. The maximum atomic E-state index is 8.20. The van der Waals surface area contributed by atoms with Crippen LogP contribution in [0.25, 0.3) is 0 Å². The Balaban J connectivity index is -0.000000245. The molecule has 0 bridgehead atoms. The molecular weight excluding hydrogens is 115 g/mol. The van der Waals surface area contributed by atoms with Crippen molar-refractivity contribution in [3.63, 3.8) is 0 Å². The van der Waals surface area contributed by atoms with Gasteiger partial charge in [0.05, 0.1) is 26.4 Å². The quantitative estimate of drug-likeness (QED) is 0.312. The molecule has 9 heavy (non-hydrogen) atoms. The van der Waals surface area contributed by atoms with E-state index in [-0.39, 0.29) is 26.9 Å². The Morgan fingerprint density at radius 3 is 2.44 bits per heavy atom. The molecule has 0 rings (SSSR count). The summed E-state index contributed by atoms with van der Waals surface area (Å²) in [7, 11) is 1.61. The molecule has 0 radical (unpaired) electrons. The van der Waals surface area contributed by atoms with Crippen LogP contribution >= 0.6 is 0 Å². The number of rotatable bonds is 5. The zero-order chi connectivity index (χ0) is 6.24.